The summed E-state index contributed by atoms with van der Waals surface area (Å²) in [5.74, 6) is 1.12. The first kappa shape index (κ1) is 19.5. The number of hydrogen-bond donors (Lipinski definition) is 1. The van der Waals surface area contributed by atoms with Gasteiger partial charge in [0.2, 0.25) is 0 Å². The van der Waals surface area contributed by atoms with E-state index >= 15 is 0 Å². The number of fused-ring (bicyclic) bond motifs is 1. The predicted octanol–water partition coefficient (Wildman–Crippen LogP) is 2.31. The van der Waals surface area contributed by atoms with E-state index in [1.807, 2.05) is 13.8 Å². The van der Waals surface area contributed by atoms with Crippen molar-refractivity contribution < 1.29 is 23.8 Å². The number of ketones is 1. The van der Waals surface area contributed by atoms with Crippen LogP contribution in [0.1, 0.15) is 24.2 Å². The quantitative estimate of drug-likeness (QED) is 0.761. The summed E-state index contributed by atoms with van der Waals surface area (Å²) >= 11 is 0. The molecule has 0 aliphatic carbocycles. The van der Waals surface area contributed by atoms with Gasteiger partial charge in [0.05, 0.1) is 26.3 Å². The number of aromatic nitrogens is 1. The maximum absolute atomic E-state index is 13.0. The molecule has 1 unspecified atom stereocenters. The van der Waals surface area contributed by atoms with Crippen LogP contribution in [0.3, 0.4) is 0 Å². The number of rotatable bonds is 6. The van der Waals surface area contributed by atoms with Gasteiger partial charge in [0, 0.05) is 6.07 Å². The number of ether oxygens (including phenoxy) is 3. The van der Waals surface area contributed by atoms with E-state index in [1.165, 1.54) is 19.1 Å². The molecule has 0 saturated carbocycles. The number of carbonyl (C=O) groups is 2. The second kappa shape index (κ2) is 7.75. The van der Waals surface area contributed by atoms with Crippen LogP contribution < -0.4 is 24.8 Å². The molecule has 2 N–H and O–H groups in total. The van der Waals surface area contributed by atoms with Crippen LogP contribution in [0.4, 0.5) is 11.6 Å². The third-order valence-corrected chi connectivity index (χ3v) is 4.50. The van der Waals surface area contributed by atoms with Gasteiger partial charge >= 0.3 is 0 Å². The molecular formula is C20H23N3O5. The molecule has 1 amide bonds. The maximum atomic E-state index is 13.0. The first-order chi connectivity index (χ1) is 13.3. The summed E-state index contributed by atoms with van der Waals surface area (Å²) in [7, 11) is 3.00. The highest BCUT2D eigenvalue weighted by molar-refractivity contribution is 6.09. The molecule has 1 atom stereocenters. The molecule has 8 nitrogen and oxygen atoms in total. The van der Waals surface area contributed by atoms with E-state index in [0.717, 1.165) is 0 Å². The summed E-state index contributed by atoms with van der Waals surface area (Å²) in [6.45, 7) is 3.55. The summed E-state index contributed by atoms with van der Waals surface area (Å²) in [5.41, 5.74) is 6.12. The topological polar surface area (TPSA) is 104 Å². The average Bonchev–Trinajstić information content (AvgIpc) is 2.69. The Morgan fingerprint density at radius 3 is 2.64 bits per heavy atom. The minimum atomic E-state index is -0.705. The van der Waals surface area contributed by atoms with Crippen LogP contribution in [0.25, 0.3) is 0 Å². The van der Waals surface area contributed by atoms with E-state index in [9.17, 15) is 9.59 Å². The van der Waals surface area contributed by atoms with Crippen molar-refractivity contribution >= 4 is 23.3 Å². The highest BCUT2D eigenvalue weighted by Crippen LogP contribution is 2.35. The van der Waals surface area contributed by atoms with Crippen LogP contribution >= 0.6 is 0 Å². The Bertz CT molecular complexity index is 913. The lowest BCUT2D eigenvalue weighted by Gasteiger charge is -2.34. The lowest BCUT2D eigenvalue weighted by molar-refractivity contribution is -0.128. The first-order valence-corrected chi connectivity index (χ1v) is 8.85. The molecule has 148 valence electrons. The fourth-order valence-electron chi connectivity index (χ4n) is 3.01. The summed E-state index contributed by atoms with van der Waals surface area (Å²) in [6.07, 6.45) is -0.705. The average molecular weight is 385 g/mol. The molecule has 0 fully saturated rings. The standard InChI is InChI=1S/C20H23N3O5/c1-11(2)18-20(25)23(19-15(28-18)7-8-17(21)22-19)10-14(24)13-6-5-12(26-3)9-16(13)27-4/h5-9,11,18H,10H2,1-4H3,(H2,21,22). The van der Waals surface area contributed by atoms with E-state index < -0.39 is 6.10 Å². The molecule has 0 bridgehead atoms. The van der Waals surface area contributed by atoms with E-state index in [2.05, 4.69) is 4.98 Å². The highest BCUT2D eigenvalue weighted by atomic mass is 16.5. The van der Waals surface area contributed by atoms with Crippen LogP contribution in [-0.2, 0) is 4.79 Å². The molecule has 1 aliphatic rings. The zero-order valence-electron chi connectivity index (χ0n) is 16.3. The Morgan fingerprint density at radius 1 is 1.25 bits per heavy atom. The molecule has 0 spiro atoms. The number of amides is 1. The molecule has 0 radical (unpaired) electrons. The normalized spacial score (nSPS) is 15.8. The maximum Gasteiger partial charge on any atom is 0.270 e. The minimum absolute atomic E-state index is 0.0775. The smallest absolute Gasteiger partial charge is 0.270 e. The van der Waals surface area contributed by atoms with Crippen molar-refractivity contribution in [1.82, 2.24) is 4.98 Å². The van der Waals surface area contributed by atoms with Gasteiger partial charge in [-0.2, -0.15) is 0 Å². The van der Waals surface area contributed by atoms with E-state index in [4.69, 9.17) is 19.9 Å². The number of hydrogen-bond acceptors (Lipinski definition) is 7. The van der Waals surface area contributed by atoms with Crippen LogP contribution in [0, 0.1) is 5.92 Å². The molecular weight excluding hydrogens is 362 g/mol. The molecule has 2 heterocycles. The zero-order chi connectivity index (χ0) is 20.4. The summed E-state index contributed by atoms with van der Waals surface area (Å²) in [4.78, 5) is 31.5. The van der Waals surface area contributed by atoms with Gasteiger partial charge in [-0.3, -0.25) is 14.5 Å². The Labute approximate surface area is 163 Å². The predicted molar refractivity (Wildman–Crippen MR) is 104 cm³/mol. The van der Waals surface area contributed by atoms with Crippen molar-refractivity contribution in [3.8, 4) is 17.2 Å². The van der Waals surface area contributed by atoms with E-state index in [-0.39, 0.29) is 35.8 Å². The van der Waals surface area contributed by atoms with E-state index in [1.54, 1.807) is 30.3 Å². The Kier molecular flexibility index (Phi) is 5.39. The number of nitrogen functional groups attached to an aromatic ring is 1. The van der Waals surface area contributed by atoms with Gasteiger partial charge in [-0.15, -0.1) is 0 Å². The van der Waals surface area contributed by atoms with Crippen LogP contribution in [-0.4, -0.2) is 43.5 Å². The lowest BCUT2D eigenvalue weighted by Crippen LogP contribution is -2.50. The number of carbonyl (C=O) groups excluding carboxylic acids is 2. The van der Waals surface area contributed by atoms with Crippen molar-refractivity contribution in [2.45, 2.75) is 20.0 Å². The van der Waals surface area contributed by atoms with Gasteiger partial charge in [0.15, 0.2) is 23.5 Å². The number of nitrogens with zero attached hydrogens (tertiary/aromatic N) is 2. The van der Waals surface area contributed by atoms with E-state index in [0.29, 0.717) is 22.8 Å². The third kappa shape index (κ3) is 3.58. The second-order valence-corrected chi connectivity index (χ2v) is 6.75. The van der Waals surface area contributed by atoms with Gasteiger partial charge in [-0.25, -0.2) is 4.98 Å². The van der Waals surface area contributed by atoms with Gasteiger partial charge < -0.3 is 19.9 Å². The van der Waals surface area contributed by atoms with Crippen molar-refractivity contribution in [3.63, 3.8) is 0 Å². The molecule has 1 aromatic carbocycles. The van der Waals surface area contributed by atoms with Crippen molar-refractivity contribution in [2.75, 3.05) is 31.4 Å². The molecule has 28 heavy (non-hydrogen) atoms. The Balaban J connectivity index is 1.97. The van der Waals surface area contributed by atoms with Gasteiger partial charge in [0.1, 0.15) is 17.3 Å². The fourth-order valence-corrected chi connectivity index (χ4v) is 3.01. The lowest BCUT2D eigenvalue weighted by atomic mass is 10.0. The Hall–Kier alpha value is -3.29. The van der Waals surface area contributed by atoms with Crippen molar-refractivity contribution in [2.24, 2.45) is 5.92 Å². The van der Waals surface area contributed by atoms with Crippen molar-refractivity contribution in [3.05, 3.63) is 35.9 Å². The molecule has 0 saturated heterocycles. The Morgan fingerprint density at radius 2 is 2.00 bits per heavy atom. The highest BCUT2D eigenvalue weighted by Gasteiger charge is 2.38. The first-order valence-electron chi connectivity index (χ1n) is 8.85. The molecule has 1 aliphatic heterocycles. The number of benzene rings is 1. The number of anilines is 2. The van der Waals surface area contributed by atoms with Gasteiger partial charge in [-0.05, 0) is 30.2 Å². The molecule has 3 rings (SSSR count). The van der Waals surface area contributed by atoms with Gasteiger partial charge in [0.25, 0.3) is 5.91 Å². The minimum Gasteiger partial charge on any atom is -0.497 e. The zero-order valence-corrected chi connectivity index (χ0v) is 16.3. The summed E-state index contributed by atoms with van der Waals surface area (Å²) < 4.78 is 16.3. The van der Waals surface area contributed by atoms with Crippen LogP contribution in [0.15, 0.2) is 30.3 Å². The largest absolute Gasteiger partial charge is 0.497 e. The third-order valence-electron chi connectivity index (χ3n) is 4.50. The summed E-state index contributed by atoms with van der Waals surface area (Å²) in [6, 6.07) is 8.15. The summed E-state index contributed by atoms with van der Waals surface area (Å²) in [5, 5.41) is 0. The number of methoxy groups -OCH3 is 2. The second-order valence-electron chi connectivity index (χ2n) is 6.75. The van der Waals surface area contributed by atoms with Crippen LogP contribution in [0.5, 0.6) is 17.2 Å². The number of pyridine rings is 1. The molecule has 1 aromatic heterocycles. The van der Waals surface area contributed by atoms with Crippen LogP contribution in [0.2, 0.25) is 0 Å². The SMILES string of the molecule is COc1ccc(C(=O)CN2C(=O)C(C(C)C)Oc3ccc(N)nc32)c(OC)c1. The van der Waals surface area contributed by atoms with Crippen molar-refractivity contribution in [1.29, 1.82) is 0 Å². The fraction of sp³-hybridized carbons (Fsp3) is 0.350. The molecule has 2 aromatic rings. The van der Waals surface area contributed by atoms with Gasteiger partial charge in [-0.1, -0.05) is 13.8 Å². The number of Topliss-reactive ketones (excluding diaryl/α,β-unsaturated/α-hetero) is 1. The monoisotopic (exact) mass is 385 g/mol. The molecule has 8 heteroatoms. The number of nitrogens with two attached hydrogens (primary N) is 1.